The number of halogens is 3. The van der Waals surface area contributed by atoms with E-state index >= 15 is 0 Å². The number of rotatable bonds is 2. The first-order valence-corrected chi connectivity index (χ1v) is 6.88. The Kier molecular flexibility index (Phi) is 3.64. The Balaban J connectivity index is 2.36. The number of hydrogen-bond donors (Lipinski definition) is 0. The van der Waals surface area contributed by atoms with Crippen LogP contribution in [-0.2, 0) is 0 Å². The molecule has 0 amide bonds. The minimum absolute atomic E-state index is 0.0880. The zero-order valence-electron chi connectivity index (χ0n) is 9.43. The molecule has 0 aliphatic carbocycles. The molecule has 90 valence electrons. The summed E-state index contributed by atoms with van der Waals surface area (Å²) in [7, 11) is 0. The van der Waals surface area contributed by atoms with Gasteiger partial charge in [0.05, 0.1) is 4.83 Å². The van der Waals surface area contributed by atoms with Crippen molar-refractivity contribution in [3.05, 3.63) is 56.8 Å². The first kappa shape index (κ1) is 12.7. The zero-order valence-corrected chi connectivity index (χ0v) is 11.8. The van der Waals surface area contributed by atoms with Crippen LogP contribution >= 0.6 is 27.3 Å². The lowest BCUT2D eigenvalue weighted by atomic mass is 10.1. The number of thiophene rings is 1. The van der Waals surface area contributed by atoms with Gasteiger partial charge >= 0.3 is 0 Å². The van der Waals surface area contributed by atoms with Gasteiger partial charge in [0.25, 0.3) is 0 Å². The molecule has 0 fully saturated rings. The predicted molar refractivity (Wildman–Crippen MR) is 70.9 cm³/mol. The van der Waals surface area contributed by atoms with Gasteiger partial charge in [-0.2, -0.15) is 0 Å². The zero-order chi connectivity index (χ0) is 12.6. The Labute approximate surface area is 111 Å². The van der Waals surface area contributed by atoms with Crippen molar-refractivity contribution < 1.29 is 8.78 Å². The lowest BCUT2D eigenvalue weighted by Crippen LogP contribution is -1.92. The Bertz CT molecular complexity index is 529. The topological polar surface area (TPSA) is 0 Å². The van der Waals surface area contributed by atoms with Crippen LogP contribution in [0.2, 0.25) is 0 Å². The molecule has 0 nitrogen and oxygen atoms in total. The standard InChI is InChI=1S/C13H11BrF2S/c1-7-5-12(17-8(7)2)13(14)9-3-4-10(15)11(16)6-9/h3-6,13H,1-2H3. The molecule has 0 bridgehead atoms. The third-order valence-corrected chi connectivity index (χ3v) is 5.21. The van der Waals surface area contributed by atoms with Crippen molar-refractivity contribution >= 4 is 27.3 Å². The molecule has 17 heavy (non-hydrogen) atoms. The number of aryl methyl sites for hydroxylation is 2. The van der Waals surface area contributed by atoms with E-state index in [1.807, 2.05) is 6.92 Å². The van der Waals surface area contributed by atoms with Crippen LogP contribution in [0.15, 0.2) is 24.3 Å². The minimum atomic E-state index is -0.813. The second-order valence-corrected chi connectivity index (χ2v) is 6.13. The van der Waals surface area contributed by atoms with Crippen molar-refractivity contribution in [2.24, 2.45) is 0 Å². The molecule has 4 heteroatoms. The third-order valence-electron chi connectivity index (χ3n) is 2.67. The molecule has 2 aromatic rings. The molecule has 1 aromatic carbocycles. The molecule has 1 heterocycles. The lowest BCUT2D eigenvalue weighted by Gasteiger charge is -2.08. The molecule has 0 aliphatic rings. The van der Waals surface area contributed by atoms with Gasteiger partial charge in [-0.25, -0.2) is 8.78 Å². The molecule has 0 saturated heterocycles. The van der Waals surface area contributed by atoms with Crippen LogP contribution in [0.4, 0.5) is 8.78 Å². The van der Waals surface area contributed by atoms with Crippen LogP contribution in [0, 0.1) is 25.5 Å². The van der Waals surface area contributed by atoms with Crippen molar-refractivity contribution in [1.29, 1.82) is 0 Å². The Morgan fingerprint density at radius 3 is 2.35 bits per heavy atom. The summed E-state index contributed by atoms with van der Waals surface area (Å²) in [5.41, 5.74) is 1.95. The van der Waals surface area contributed by atoms with Gasteiger partial charge in [0.2, 0.25) is 0 Å². The van der Waals surface area contributed by atoms with Gasteiger partial charge in [0, 0.05) is 9.75 Å². The van der Waals surface area contributed by atoms with Gasteiger partial charge in [0.1, 0.15) is 0 Å². The summed E-state index contributed by atoms with van der Waals surface area (Å²) in [6, 6.07) is 6.06. The van der Waals surface area contributed by atoms with Gasteiger partial charge in [-0.1, -0.05) is 22.0 Å². The van der Waals surface area contributed by atoms with Crippen molar-refractivity contribution in [3.8, 4) is 0 Å². The van der Waals surface area contributed by atoms with E-state index < -0.39 is 11.6 Å². The van der Waals surface area contributed by atoms with Crippen LogP contribution in [0.25, 0.3) is 0 Å². The fraction of sp³-hybridized carbons (Fsp3) is 0.231. The largest absolute Gasteiger partial charge is 0.204 e. The van der Waals surface area contributed by atoms with Gasteiger partial charge < -0.3 is 0 Å². The molecular weight excluding hydrogens is 306 g/mol. The summed E-state index contributed by atoms with van der Waals surface area (Å²) >= 11 is 5.19. The Morgan fingerprint density at radius 2 is 1.82 bits per heavy atom. The first-order chi connectivity index (χ1) is 7.99. The fourth-order valence-electron chi connectivity index (χ4n) is 1.56. The van der Waals surface area contributed by atoms with Gasteiger partial charge in [-0.3, -0.25) is 0 Å². The van der Waals surface area contributed by atoms with Gasteiger partial charge in [0.15, 0.2) is 11.6 Å². The highest BCUT2D eigenvalue weighted by Gasteiger charge is 2.15. The Hall–Kier alpha value is -0.740. The predicted octanol–water partition coefficient (Wildman–Crippen LogP) is 5.13. The summed E-state index contributed by atoms with van der Waals surface area (Å²) in [6.07, 6.45) is 0. The SMILES string of the molecule is Cc1cc(C(Br)c2ccc(F)c(F)c2)sc1C. The normalized spacial score (nSPS) is 12.8. The van der Waals surface area contributed by atoms with Crippen molar-refractivity contribution in [2.75, 3.05) is 0 Å². The average Bonchev–Trinajstić information content (AvgIpc) is 2.62. The summed E-state index contributed by atoms with van der Waals surface area (Å²) in [4.78, 5) is 2.26. The summed E-state index contributed by atoms with van der Waals surface area (Å²) in [5.74, 6) is -1.62. The molecule has 0 spiro atoms. The maximum atomic E-state index is 13.1. The monoisotopic (exact) mass is 316 g/mol. The van der Waals surface area contributed by atoms with E-state index in [9.17, 15) is 8.78 Å². The van der Waals surface area contributed by atoms with E-state index in [-0.39, 0.29) is 4.83 Å². The maximum Gasteiger partial charge on any atom is 0.159 e. The molecule has 0 N–H and O–H groups in total. The lowest BCUT2D eigenvalue weighted by molar-refractivity contribution is 0.507. The molecule has 1 atom stereocenters. The van der Waals surface area contributed by atoms with Crippen LogP contribution in [0.3, 0.4) is 0 Å². The second kappa shape index (κ2) is 4.86. The fourth-order valence-corrected chi connectivity index (χ4v) is 3.31. The maximum absolute atomic E-state index is 13.1. The van der Waals surface area contributed by atoms with E-state index in [1.165, 1.54) is 16.5 Å². The summed E-state index contributed by atoms with van der Waals surface area (Å²) in [5, 5.41) is 0. The van der Waals surface area contributed by atoms with E-state index in [4.69, 9.17) is 0 Å². The Morgan fingerprint density at radius 1 is 1.12 bits per heavy atom. The van der Waals surface area contributed by atoms with E-state index in [0.717, 1.165) is 16.5 Å². The number of benzene rings is 1. The third kappa shape index (κ3) is 2.58. The summed E-state index contributed by atoms with van der Waals surface area (Å²) < 4.78 is 26.0. The van der Waals surface area contributed by atoms with Gasteiger partial charge in [-0.15, -0.1) is 11.3 Å². The highest BCUT2D eigenvalue weighted by Crippen LogP contribution is 2.37. The van der Waals surface area contributed by atoms with Gasteiger partial charge in [-0.05, 0) is 43.2 Å². The van der Waals surface area contributed by atoms with Crippen molar-refractivity contribution in [2.45, 2.75) is 18.7 Å². The molecule has 0 saturated carbocycles. The molecule has 1 aromatic heterocycles. The molecular formula is C13H11BrF2S. The van der Waals surface area contributed by atoms with E-state index in [1.54, 1.807) is 17.4 Å². The van der Waals surface area contributed by atoms with Crippen LogP contribution in [0.5, 0.6) is 0 Å². The first-order valence-electron chi connectivity index (χ1n) is 5.15. The minimum Gasteiger partial charge on any atom is -0.204 e. The molecule has 2 rings (SSSR count). The van der Waals surface area contributed by atoms with E-state index in [0.29, 0.717) is 0 Å². The highest BCUT2D eigenvalue weighted by molar-refractivity contribution is 9.09. The van der Waals surface area contributed by atoms with Crippen molar-refractivity contribution in [3.63, 3.8) is 0 Å². The van der Waals surface area contributed by atoms with Crippen LogP contribution in [0.1, 0.15) is 25.7 Å². The van der Waals surface area contributed by atoms with E-state index in [2.05, 4.69) is 28.9 Å². The second-order valence-electron chi connectivity index (χ2n) is 3.92. The molecule has 0 radical (unpaired) electrons. The average molecular weight is 317 g/mol. The van der Waals surface area contributed by atoms with Crippen LogP contribution in [-0.4, -0.2) is 0 Å². The van der Waals surface area contributed by atoms with Crippen molar-refractivity contribution in [1.82, 2.24) is 0 Å². The summed E-state index contributed by atoms with van der Waals surface area (Å²) in [6.45, 7) is 4.09. The highest BCUT2D eigenvalue weighted by atomic mass is 79.9. The van der Waals surface area contributed by atoms with Crippen LogP contribution < -0.4 is 0 Å². The number of alkyl halides is 1. The smallest absolute Gasteiger partial charge is 0.159 e. The number of hydrogen-bond acceptors (Lipinski definition) is 1. The quantitative estimate of drug-likeness (QED) is 0.674. The molecule has 0 aliphatic heterocycles. The molecule has 1 unspecified atom stereocenters.